The zero-order valence-electron chi connectivity index (χ0n) is 12.1. The third kappa shape index (κ3) is 2.31. The molecular weight excluding hydrogens is 224 g/mol. The SMILES string of the molecule is CNC(Cc1nccn1C)C1(N(C)C)CCCC1. The van der Waals surface area contributed by atoms with Gasteiger partial charge < -0.3 is 14.8 Å². The van der Waals surface area contributed by atoms with Crippen LogP contribution < -0.4 is 5.32 Å². The van der Waals surface area contributed by atoms with Gasteiger partial charge >= 0.3 is 0 Å². The molecule has 1 atom stereocenters. The molecule has 0 aromatic carbocycles. The highest BCUT2D eigenvalue weighted by atomic mass is 15.2. The van der Waals surface area contributed by atoms with Gasteiger partial charge in [-0.1, -0.05) is 12.8 Å². The van der Waals surface area contributed by atoms with Crippen LogP contribution in [0.4, 0.5) is 0 Å². The maximum atomic E-state index is 4.47. The molecule has 1 aliphatic rings. The molecule has 1 heterocycles. The first-order chi connectivity index (χ1) is 8.60. The van der Waals surface area contributed by atoms with Gasteiger partial charge in [-0.2, -0.15) is 0 Å². The standard InChI is InChI=1S/C14H26N4/c1-15-12(11-13-16-9-10-18(13)4)14(17(2)3)7-5-6-8-14/h9-10,12,15H,5-8,11H2,1-4H3. The van der Waals surface area contributed by atoms with Crippen molar-refractivity contribution in [2.45, 2.75) is 43.7 Å². The van der Waals surface area contributed by atoms with Gasteiger partial charge in [-0.15, -0.1) is 0 Å². The van der Waals surface area contributed by atoms with Crippen molar-refractivity contribution in [3.63, 3.8) is 0 Å². The second-order valence-electron chi connectivity index (χ2n) is 5.70. The van der Waals surface area contributed by atoms with E-state index in [1.807, 2.05) is 12.4 Å². The summed E-state index contributed by atoms with van der Waals surface area (Å²) in [6, 6.07) is 0.469. The Morgan fingerprint density at radius 1 is 1.44 bits per heavy atom. The van der Waals surface area contributed by atoms with E-state index in [4.69, 9.17) is 0 Å². The number of imidazole rings is 1. The molecule has 0 radical (unpaired) electrons. The van der Waals surface area contributed by atoms with Gasteiger partial charge in [-0.25, -0.2) is 4.98 Å². The van der Waals surface area contributed by atoms with Crippen molar-refractivity contribution in [1.82, 2.24) is 19.8 Å². The smallest absolute Gasteiger partial charge is 0.109 e. The molecule has 1 saturated carbocycles. The third-order valence-electron chi connectivity index (χ3n) is 4.66. The van der Waals surface area contributed by atoms with Crippen LogP contribution in [-0.2, 0) is 13.5 Å². The number of hydrogen-bond donors (Lipinski definition) is 1. The molecule has 18 heavy (non-hydrogen) atoms. The monoisotopic (exact) mass is 250 g/mol. The van der Waals surface area contributed by atoms with Gasteiger partial charge in [0, 0.05) is 37.4 Å². The summed E-state index contributed by atoms with van der Waals surface area (Å²) in [5, 5.41) is 3.54. The first-order valence-corrected chi connectivity index (χ1v) is 6.91. The zero-order valence-corrected chi connectivity index (χ0v) is 12.1. The van der Waals surface area contributed by atoms with Gasteiger partial charge in [0.2, 0.25) is 0 Å². The molecular formula is C14H26N4. The Kier molecular flexibility index (Phi) is 4.07. The lowest BCUT2D eigenvalue weighted by atomic mass is 9.84. The van der Waals surface area contributed by atoms with E-state index in [9.17, 15) is 0 Å². The average molecular weight is 250 g/mol. The summed E-state index contributed by atoms with van der Waals surface area (Å²) in [6.45, 7) is 0. The number of nitrogens with zero attached hydrogens (tertiary/aromatic N) is 3. The fraction of sp³-hybridized carbons (Fsp3) is 0.786. The van der Waals surface area contributed by atoms with Crippen molar-refractivity contribution in [3.05, 3.63) is 18.2 Å². The van der Waals surface area contributed by atoms with Crippen LogP contribution in [0.3, 0.4) is 0 Å². The van der Waals surface area contributed by atoms with Crippen LogP contribution in [0.1, 0.15) is 31.5 Å². The number of aryl methyl sites for hydroxylation is 1. The zero-order chi connectivity index (χ0) is 13.2. The molecule has 4 heteroatoms. The van der Waals surface area contributed by atoms with Crippen LogP contribution in [0.5, 0.6) is 0 Å². The van der Waals surface area contributed by atoms with E-state index in [1.54, 1.807) is 0 Å². The Bertz CT molecular complexity index is 377. The fourth-order valence-corrected chi connectivity index (χ4v) is 3.43. The van der Waals surface area contributed by atoms with E-state index < -0.39 is 0 Å². The number of rotatable bonds is 5. The Morgan fingerprint density at radius 3 is 2.56 bits per heavy atom. The van der Waals surface area contributed by atoms with Gasteiger partial charge in [0.15, 0.2) is 0 Å². The third-order valence-corrected chi connectivity index (χ3v) is 4.66. The Labute approximate surface area is 110 Å². The minimum atomic E-state index is 0.292. The minimum Gasteiger partial charge on any atom is -0.338 e. The molecule has 0 saturated heterocycles. The van der Waals surface area contributed by atoms with Crippen LogP contribution in [0.2, 0.25) is 0 Å². The molecule has 1 N–H and O–H groups in total. The van der Waals surface area contributed by atoms with E-state index in [-0.39, 0.29) is 0 Å². The van der Waals surface area contributed by atoms with Crippen molar-refractivity contribution in [2.24, 2.45) is 7.05 Å². The van der Waals surface area contributed by atoms with Crippen molar-refractivity contribution >= 4 is 0 Å². The molecule has 0 bridgehead atoms. The first kappa shape index (κ1) is 13.6. The van der Waals surface area contributed by atoms with Crippen molar-refractivity contribution in [2.75, 3.05) is 21.1 Å². The van der Waals surface area contributed by atoms with Gasteiger partial charge in [0.1, 0.15) is 5.82 Å². The largest absolute Gasteiger partial charge is 0.338 e. The summed E-state index contributed by atoms with van der Waals surface area (Å²) in [7, 11) is 8.59. The fourth-order valence-electron chi connectivity index (χ4n) is 3.43. The molecule has 1 aromatic rings. The van der Waals surface area contributed by atoms with Gasteiger partial charge in [0.05, 0.1) is 0 Å². The molecule has 0 spiro atoms. The second-order valence-corrected chi connectivity index (χ2v) is 5.70. The van der Waals surface area contributed by atoms with Gasteiger partial charge in [-0.05, 0) is 34.0 Å². The second kappa shape index (κ2) is 5.41. The maximum Gasteiger partial charge on any atom is 0.109 e. The average Bonchev–Trinajstić information content (AvgIpc) is 2.96. The molecule has 102 valence electrons. The molecule has 1 fully saturated rings. The predicted octanol–water partition coefficient (Wildman–Crippen LogP) is 1.42. The summed E-state index contributed by atoms with van der Waals surface area (Å²) in [4.78, 5) is 6.89. The quantitative estimate of drug-likeness (QED) is 0.858. The Balaban J connectivity index is 2.19. The molecule has 1 unspecified atom stereocenters. The topological polar surface area (TPSA) is 33.1 Å². The highest BCUT2D eigenvalue weighted by molar-refractivity contribution is 5.06. The highest BCUT2D eigenvalue weighted by Gasteiger charge is 2.42. The molecule has 0 aliphatic heterocycles. The lowest BCUT2D eigenvalue weighted by molar-refractivity contribution is 0.107. The van der Waals surface area contributed by atoms with Crippen molar-refractivity contribution in [3.8, 4) is 0 Å². The van der Waals surface area contributed by atoms with Crippen LogP contribution in [-0.4, -0.2) is 47.2 Å². The Morgan fingerprint density at radius 2 is 2.11 bits per heavy atom. The van der Waals surface area contributed by atoms with E-state index in [2.05, 4.69) is 48.0 Å². The van der Waals surface area contributed by atoms with Gasteiger partial charge in [0.25, 0.3) is 0 Å². The van der Waals surface area contributed by atoms with E-state index >= 15 is 0 Å². The summed E-state index contributed by atoms with van der Waals surface area (Å²) in [6.07, 6.45) is 10.2. The number of nitrogens with one attached hydrogen (secondary N) is 1. The predicted molar refractivity (Wildman–Crippen MR) is 74.6 cm³/mol. The van der Waals surface area contributed by atoms with Crippen LogP contribution in [0.15, 0.2) is 12.4 Å². The van der Waals surface area contributed by atoms with Crippen LogP contribution in [0.25, 0.3) is 0 Å². The normalized spacial score (nSPS) is 20.5. The van der Waals surface area contributed by atoms with Crippen LogP contribution in [0, 0.1) is 0 Å². The van der Waals surface area contributed by atoms with Crippen LogP contribution >= 0.6 is 0 Å². The van der Waals surface area contributed by atoms with E-state index in [0.717, 1.165) is 6.42 Å². The Hall–Kier alpha value is -0.870. The van der Waals surface area contributed by atoms with Crippen molar-refractivity contribution in [1.29, 1.82) is 0 Å². The molecule has 2 rings (SSSR count). The summed E-state index contributed by atoms with van der Waals surface area (Å²) in [5.74, 6) is 1.17. The molecule has 4 nitrogen and oxygen atoms in total. The lowest BCUT2D eigenvalue weighted by Crippen LogP contribution is -2.57. The van der Waals surface area contributed by atoms with Gasteiger partial charge in [-0.3, -0.25) is 0 Å². The maximum absolute atomic E-state index is 4.47. The number of aromatic nitrogens is 2. The van der Waals surface area contributed by atoms with E-state index in [1.165, 1.54) is 31.5 Å². The molecule has 1 aliphatic carbocycles. The molecule has 0 amide bonds. The number of likely N-dealkylation sites (N-methyl/N-ethyl adjacent to an activating group) is 2. The lowest BCUT2D eigenvalue weighted by Gasteiger charge is -2.43. The van der Waals surface area contributed by atoms with E-state index in [0.29, 0.717) is 11.6 Å². The minimum absolute atomic E-state index is 0.292. The highest BCUT2D eigenvalue weighted by Crippen LogP contribution is 2.37. The summed E-state index contributed by atoms with van der Waals surface area (Å²) in [5.41, 5.74) is 0.292. The first-order valence-electron chi connectivity index (χ1n) is 6.91. The summed E-state index contributed by atoms with van der Waals surface area (Å²) >= 11 is 0. The summed E-state index contributed by atoms with van der Waals surface area (Å²) < 4.78 is 2.13. The van der Waals surface area contributed by atoms with Crippen molar-refractivity contribution < 1.29 is 0 Å². The number of hydrogen-bond acceptors (Lipinski definition) is 3. The molecule has 1 aromatic heterocycles.